The number of ketones is 1. The van der Waals surface area contributed by atoms with Crippen LogP contribution >= 0.6 is 11.6 Å². The molecule has 0 amide bonds. The quantitative estimate of drug-likeness (QED) is 0.689. The molecule has 1 aliphatic rings. The van der Waals surface area contributed by atoms with Gasteiger partial charge in [0.15, 0.2) is 5.78 Å². The minimum atomic E-state index is 0.179. The number of hydrogen-bond acceptors (Lipinski definition) is 3. The summed E-state index contributed by atoms with van der Waals surface area (Å²) in [6, 6.07) is 7.43. The highest BCUT2D eigenvalue weighted by Gasteiger charge is 2.28. The number of aromatic nitrogens is 3. The van der Waals surface area contributed by atoms with Gasteiger partial charge >= 0.3 is 0 Å². The van der Waals surface area contributed by atoms with Crippen LogP contribution in [0.1, 0.15) is 28.9 Å². The summed E-state index contributed by atoms with van der Waals surface area (Å²) in [5.74, 6) is 0.741. The molecule has 2 heterocycles. The average Bonchev–Trinajstić information content (AvgIpc) is 2.85. The molecule has 0 bridgehead atoms. The summed E-state index contributed by atoms with van der Waals surface area (Å²) in [4.78, 5) is 21.0. The van der Waals surface area contributed by atoms with Crippen LogP contribution in [0.5, 0.6) is 0 Å². The molecule has 0 radical (unpaired) electrons. The van der Waals surface area contributed by atoms with Gasteiger partial charge in [0.05, 0.1) is 10.5 Å². The number of halogens is 1. The number of nitrogens with zero attached hydrogens (tertiary/aromatic N) is 3. The Hall–Kier alpha value is -2.20. The number of carbonyl (C=O) groups is 1. The standard InChI is InChI=1S/C16H12ClN3O/c17-11-5-1-4-10-14-12(6-2-7-13(14)21)20(15(10)11)16-18-8-3-9-19-16/h1,3-5,8-9H,2,6-7H2. The number of fused-ring (bicyclic) bond motifs is 3. The molecule has 0 aliphatic heterocycles. The maximum absolute atomic E-state index is 12.4. The fourth-order valence-electron chi connectivity index (χ4n) is 3.06. The SMILES string of the molecule is O=C1CCCc2c1c1cccc(Cl)c1n2-c1ncccn1. The van der Waals surface area contributed by atoms with Gasteiger partial charge < -0.3 is 0 Å². The largest absolute Gasteiger partial charge is 0.294 e. The smallest absolute Gasteiger partial charge is 0.234 e. The molecule has 0 fully saturated rings. The van der Waals surface area contributed by atoms with Crippen molar-refractivity contribution in [3.8, 4) is 5.95 Å². The second-order valence-corrected chi connectivity index (χ2v) is 5.53. The number of rotatable bonds is 1. The van der Waals surface area contributed by atoms with E-state index in [1.54, 1.807) is 18.5 Å². The molecule has 21 heavy (non-hydrogen) atoms. The third kappa shape index (κ3) is 1.79. The molecule has 3 aromatic rings. The van der Waals surface area contributed by atoms with E-state index in [9.17, 15) is 4.79 Å². The molecule has 1 aromatic carbocycles. The Balaban J connectivity index is 2.17. The van der Waals surface area contributed by atoms with Gasteiger partial charge in [-0.05, 0) is 25.0 Å². The Labute approximate surface area is 126 Å². The highest BCUT2D eigenvalue weighted by molar-refractivity contribution is 6.36. The van der Waals surface area contributed by atoms with Gasteiger partial charge in [-0.3, -0.25) is 9.36 Å². The highest BCUT2D eigenvalue weighted by Crippen LogP contribution is 2.36. The molecule has 1 aliphatic carbocycles. The lowest BCUT2D eigenvalue weighted by Gasteiger charge is -2.14. The van der Waals surface area contributed by atoms with Crippen molar-refractivity contribution in [2.75, 3.05) is 0 Å². The molecule has 0 spiro atoms. The van der Waals surface area contributed by atoms with E-state index < -0.39 is 0 Å². The van der Waals surface area contributed by atoms with E-state index >= 15 is 0 Å². The van der Waals surface area contributed by atoms with Crippen molar-refractivity contribution >= 4 is 28.3 Å². The molecule has 0 saturated heterocycles. The van der Waals surface area contributed by atoms with Crippen molar-refractivity contribution in [1.82, 2.24) is 14.5 Å². The lowest BCUT2D eigenvalue weighted by atomic mass is 9.94. The molecule has 4 rings (SSSR count). The zero-order valence-corrected chi connectivity index (χ0v) is 12.0. The van der Waals surface area contributed by atoms with Gasteiger partial charge in [0.25, 0.3) is 0 Å². The first-order valence-corrected chi connectivity index (χ1v) is 7.27. The highest BCUT2D eigenvalue weighted by atomic mass is 35.5. The summed E-state index contributed by atoms with van der Waals surface area (Å²) in [5, 5.41) is 1.51. The molecule has 0 saturated carbocycles. The molecule has 0 atom stereocenters. The topological polar surface area (TPSA) is 47.8 Å². The fraction of sp³-hybridized carbons (Fsp3) is 0.188. The number of benzene rings is 1. The summed E-state index contributed by atoms with van der Waals surface area (Å²) >= 11 is 6.39. The number of hydrogen-bond donors (Lipinski definition) is 0. The predicted octanol–water partition coefficient (Wildman–Crippen LogP) is 3.59. The summed E-state index contributed by atoms with van der Waals surface area (Å²) in [7, 11) is 0. The first-order valence-electron chi connectivity index (χ1n) is 6.90. The maximum Gasteiger partial charge on any atom is 0.234 e. The third-order valence-electron chi connectivity index (χ3n) is 3.89. The summed E-state index contributed by atoms with van der Waals surface area (Å²) in [6.45, 7) is 0. The van der Waals surface area contributed by atoms with E-state index in [2.05, 4.69) is 9.97 Å². The van der Waals surface area contributed by atoms with Crippen molar-refractivity contribution in [2.24, 2.45) is 0 Å². The Kier molecular flexibility index (Phi) is 2.79. The number of Topliss-reactive ketones (excluding diaryl/α,β-unsaturated/α-hetero) is 1. The number of carbonyl (C=O) groups excluding carboxylic acids is 1. The molecular formula is C16H12ClN3O. The zero-order chi connectivity index (χ0) is 14.4. The summed E-state index contributed by atoms with van der Waals surface area (Å²) in [5.41, 5.74) is 2.58. The fourth-order valence-corrected chi connectivity index (χ4v) is 3.32. The zero-order valence-electron chi connectivity index (χ0n) is 11.2. The normalized spacial score (nSPS) is 14.4. The van der Waals surface area contributed by atoms with E-state index in [4.69, 9.17) is 11.6 Å². The minimum absolute atomic E-state index is 0.179. The van der Waals surface area contributed by atoms with Crippen molar-refractivity contribution < 1.29 is 4.79 Å². The van der Waals surface area contributed by atoms with E-state index in [0.717, 1.165) is 35.0 Å². The van der Waals surface area contributed by atoms with Gasteiger partial charge in [-0.2, -0.15) is 0 Å². The Morgan fingerprint density at radius 3 is 2.71 bits per heavy atom. The predicted molar refractivity (Wildman–Crippen MR) is 81.1 cm³/mol. The van der Waals surface area contributed by atoms with E-state index in [-0.39, 0.29) is 5.78 Å². The number of para-hydroxylation sites is 1. The van der Waals surface area contributed by atoms with Crippen molar-refractivity contribution in [3.05, 3.63) is 52.9 Å². The van der Waals surface area contributed by atoms with Crippen LogP contribution in [0.4, 0.5) is 0 Å². The third-order valence-corrected chi connectivity index (χ3v) is 4.19. The van der Waals surface area contributed by atoms with Crippen LogP contribution < -0.4 is 0 Å². The van der Waals surface area contributed by atoms with Gasteiger partial charge in [-0.25, -0.2) is 9.97 Å². The van der Waals surface area contributed by atoms with Gasteiger partial charge in [0.2, 0.25) is 5.95 Å². The first kappa shape index (κ1) is 12.5. The van der Waals surface area contributed by atoms with E-state index in [1.807, 2.05) is 22.8 Å². The second-order valence-electron chi connectivity index (χ2n) is 5.12. The molecule has 2 aromatic heterocycles. The van der Waals surface area contributed by atoms with Gasteiger partial charge in [0.1, 0.15) is 0 Å². The molecule has 104 valence electrons. The van der Waals surface area contributed by atoms with E-state index in [1.165, 1.54) is 0 Å². The van der Waals surface area contributed by atoms with Crippen LogP contribution in [0.15, 0.2) is 36.7 Å². The summed E-state index contributed by atoms with van der Waals surface area (Å²) < 4.78 is 1.93. The van der Waals surface area contributed by atoms with Crippen molar-refractivity contribution in [1.29, 1.82) is 0 Å². The Morgan fingerprint density at radius 2 is 1.90 bits per heavy atom. The van der Waals surface area contributed by atoms with Crippen LogP contribution in [0, 0.1) is 0 Å². The van der Waals surface area contributed by atoms with Crippen molar-refractivity contribution in [2.45, 2.75) is 19.3 Å². The second kappa shape index (κ2) is 4.67. The van der Waals surface area contributed by atoms with Crippen molar-refractivity contribution in [3.63, 3.8) is 0 Å². The molecule has 5 heteroatoms. The molecule has 4 nitrogen and oxygen atoms in total. The minimum Gasteiger partial charge on any atom is -0.294 e. The Bertz CT molecular complexity index is 855. The molecule has 0 unspecified atom stereocenters. The van der Waals surface area contributed by atoms with Crippen LogP contribution in [0.25, 0.3) is 16.9 Å². The van der Waals surface area contributed by atoms with Crippen LogP contribution in [-0.4, -0.2) is 20.3 Å². The van der Waals surface area contributed by atoms with Gasteiger partial charge in [-0.1, -0.05) is 23.7 Å². The first-order chi connectivity index (χ1) is 10.3. The summed E-state index contributed by atoms with van der Waals surface area (Å²) in [6.07, 6.45) is 5.68. The van der Waals surface area contributed by atoms with Gasteiger partial charge in [-0.15, -0.1) is 0 Å². The van der Waals surface area contributed by atoms with Crippen LogP contribution in [0.3, 0.4) is 0 Å². The molecular weight excluding hydrogens is 286 g/mol. The van der Waals surface area contributed by atoms with Gasteiger partial charge in [0, 0.05) is 35.5 Å². The Morgan fingerprint density at radius 1 is 1.10 bits per heavy atom. The van der Waals surface area contributed by atoms with E-state index in [0.29, 0.717) is 17.4 Å². The molecule has 0 N–H and O–H groups in total. The van der Waals surface area contributed by atoms with Crippen LogP contribution in [-0.2, 0) is 6.42 Å². The lowest BCUT2D eigenvalue weighted by Crippen LogP contribution is -2.13. The van der Waals surface area contributed by atoms with Crippen LogP contribution in [0.2, 0.25) is 5.02 Å². The monoisotopic (exact) mass is 297 g/mol. The maximum atomic E-state index is 12.4. The lowest BCUT2D eigenvalue weighted by molar-refractivity contribution is 0.0973. The average molecular weight is 298 g/mol.